The van der Waals surface area contributed by atoms with E-state index in [1.807, 2.05) is 12.1 Å². The molecule has 1 heterocycles. The molecule has 1 aliphatic heterocycles. The average molecular weight is 316 g/mol. The standard InChI is InChI=1S/C19H22F2N2/c20-17-5-1-14(2-6-17)13-23-19(16-9-11-22-12-10-16)15-3-7-18(21)8-4-15/h1-8,16,19,22-23H,9-13H2. The molecular formula is C19H22F2N2. The van der Waals surface area contributed by atoms with Crippen molar-refractivity contribution >= 4 is 0 Å². The van der Waals surface area contributed by atoms with Gasteiger partial charge in [0.15, 0.2) is 0 Å². The Labute approximate surface area is 135 Å². The number of rotatable bonds is 5. The SMILES string of the molecule is Fc1ccc(CNC(c2ccc(F)cc2)C2CCNCC2)cc1. The lowest BCUT2D eigenvalue weighted by Gasteiger charge is -2.32. The summed E-state index contributed by atoms with van der Waals surface area (Å²) in [4.78, 5) is 0. The molecule has 1 aliphatic rings. The topological polar surface area (TPSA) is 24.1 Å². The summed E-state index contributed by atoms with van der Waals surface area (Å²) < 4.78 is 26.2. The van der Waals surface area contributed by atoms with E-state index in [-0.39, 0.29) is 17.7 Å². The summed E-state index contributed by atoms with van der Waals surface area (Å²) in [6.45, 7) is 2.70. The second kappa shape index (κ2) is 7.66. The van der Waals surface area contributed by atoms with Gasteiger partial charge in [0.2, 0.25) is 0 Å². The smallest absolute Gasteiger partial charge is 0.123 e. The minimum atomic E-state index is -0.220. The Bertz CT molecular complexity index is 604. The van der Waals surface area contributed by atoms with Crippen molar-refractivity contribution < 1.29 is 8.78 Å². The van der Waals surface area contributed by atoms with Gasteiger partial charge in [-0.2, -0.15) is 0 Å². The summed E-state index contributed by atoms with van der Waals surface area (Å²) >= 11 is 0. The highest BCUT2D eigenvalue weighted by Crippen LogP contribution is 2.29. The zero-order valence-corrected chi connectivity index (χ0v) is 13.1. The van der Waals surface area contributed by atoms with Crippen molar-refractivity contribution in [2.75, 3.05) is 13.1 Å². The Morgan fingerprint density at radius 1 is 0.913 bits per heavy atom. The Balaban J connectivity index is 1.74. The van der Waals surface area contributed by atoms with Crippen LogP contribution in [0.2, 0.25) is 0 Å². The first-order valence-electron chi connectivity index (χ1n) is 8.16. The van der Waals surface area contributed by atoms with Crippen molar-refractivity contribution in [3.8, 4) is 0 Å². The first-order chi connectivity index (χ1) is 11.2. The van der Waals surface area contributed by atoms with E-state index in [1.54, 1.807) is 12.1 Å². The van der Waals surface area contributed by atoms with E-state index in [4.69, 9.17) is 0 Å². The molecular weight excluding hydrogens is 294 g/mol. The number of piperidine rings is 1. The first kappa shape index (κ1) is 16.1. The third-order valence-electron chi connectivity index (χ3n) is 4.52. The van der Waals surface area contributed by atoms with Crippen LogP contribution in [0.15, 0.2) is 48.5 Å². The molecule has 1 unspecified atom stereocenters. The van der Waals surface area contributed by atoms with E-state index >= 15 is 0 Å². The Morgan fingerprint density at radius 2 is 1.48 bits per heavy atom. The van der Waals surface area contributed by atoms with Crippen molar-refractivity contribution in [2.24, 2.45) is 5.92 Å². The molecule has 2 N–H and O–H groups in total. The van der Waals surface area contributed by atoms with E-state index in [9.17, 15) is 8.78 Å². The monoisotopic (exact) mass is 316 g/mol. The van der Waals surface area contributed by atoms with Crippen LogP contribution in [0.3, 0.4) is 0 Å². The molecule has 0 spiro atoms. The predicted molar refractivity (Wildman–Crippen MR) is 88.0 cm³/mol. The Kier molecular flexibility index (Phi) is 5.36. The van der Waals surface area contributed by atoms with E-state index < -0.39 is 0 Å². The highest BCUT2D eigenvalue weighted by Gasteiger charge is 2.24. The fraction of sp³-hybridized carbons (Fsp3) is 0.368. The van der Waals surface area contributed by atoms with E-state index in [2.05, 4.69) is 10.6 Å². The van der Waals surface area contributed by atoms with Gasteiger partial charge in [0, 0.05) is 12.6 Å². The Hall–Kier alpha value is -1.78. The van der Waals surface area contributed by atoms with Crippen LogP contribution in [0.25, 0.3) is 0 Å². The van der Waals surface area contributed by atoms with Crippen molar-refractivity contribution in [3.63, 3.8) is 0 Å². The van der Waals surface area contributed by atoms with Gasteiger partial charge in [-0.05, 0) is 67.2 Å². The lowest BCUT2D eigenvalue weighted by molar-refractivity contribution is 0.281. The maximum absolute atomic E-state index is 13.2. The second-order valence-electron chi connectivity index (χ2n) is 6.12. The van der Waals surface area contributed by atoms with Crippen LogP contribution in [0.5, 0.6) is 0 Å². The van der Waals surface area contributed by atoms with Crippen molar-refractivity contribution in [1.29, 1.82) is 0 Å². The van der Waals surface area contributed by atoms with Crippen LogP contribution in [0.4, 0.5) is 8.78 Å². The van der Waals surface area contributed by atoms with Crippen LogP contribution in [0, 0.1) is 17.6 Å². The molecule has 2 aromatic carbocycles. The largest absolute Gasteiger partial charge is 0.317 e. The zero-order valence-electron chi connectivity index (χ0n) is 13.1. The molecule has 122 valence electrons. The van der Waals surface area contributed by atoms with Gasteiger partial charge in [-0.25, -0.2) is 8.78 Å². The highest BCUT2D eigenvalue weighted by molar-refractivity contribution is 5.22. The molecule has 0 saturated carbocycles. The van der Waals surface area contributed by atoms with Gasteiger partial charge in [-0.15, -0.1) is 0 Å². The number of benzene rings is 2. The minimum absolute atomic E-state index is 0.183. The summed E-state index contributed by atoms with van der Waals surface area (Å²) in [5.74, 6) is 0.0840. The first-order valence-corrected chi connectivity index (χ1v) is 8.16. The summed E-state index contributed by atoms with van der Waals surface area (Å²) in [5.41, 5.74) is 2.16. The van der Waals surface area contributed by atoms with Gasteiger partial charge < -0.3 is 10.6 Å². The zero-order chi connectivity index (χ0) is 16.1. The fourth-order valence-electron chi connectivity index (χ4n) is 3.23. The summed E-state index contributed by atoms with van der Waals surface area (Å²) in [5, 5.41) is 6.97. The number of nitrogens with one attached hydrogen (secondary N) is 2. The van der Waals surface area contributed by atoms with Crippen LogP contribution in [-0.4, -0.2) is 13.1 Å². The van der Waals surface area contributed by atoms with Crippen LogP contribution < -0.4 is 10.6 Å². The molecule has 23 heavy (non-hydrogen) atoms. The lowest BCUT2D eigenvalue weighted by Crippen LogP contribution is -2.36. The number of halogens is 2. The molecule has 2 aromatic rings. The van der Waals surface area contributed by atoms with Crippen molar-refractivity contribution in [3.05, 3.63) is 71.3 Å². The van der Waals surface area contributed by atoms with Gasteiger partial charge in [0.25, 0.3) is 0 Å². The molecule has 0 aliphatic carbocycles. The lowest BCUT2D eigenvalue weighted by atomic mass is 9.86. The molecule has 0 amide bonds. The molecule has 4 heteroatoms. The Morgan fingerprint density at radius 3 is 2.09 bits per heavy atom. The van der Waals surface area contributed by atoms with Crippen LogP contribution in [0.1, 0.15) is 30.0 Å². The molecule has 2 nitrogen and oxygen atoms in total. The van der Waals surface area contributed by atoms with Gasteiger partial charge in [0.05, 0.1) is 0 Å². The van der Waals surface area contributed by atoms with Crippen molar-refractivity contribution in [1.82, 2.24) is 10.6 Å². The van der Waals surface area contributed by atoms with Gasteiger partial charge >= 0.3 is 0 Å². The maximum atomic E-state index is 13.2. The van der Waals surface area contributed by atoms with Gasteiger partial charge in [-0.3, -0.25) is 0 Å². The molecule has 3 rings (SSSR count). The maximum Gasteiger partial charge on any atom is 0.123 e. The molecule has 1 fully saturated rings. The molecule has 1 atom stereocenters. The average Bonchev–Trinajstić information content (AvgIpc) is 2.59. The third kappa shape index (κ3) is 4.36. The summed E-state index contributed by atoms with van der Waals surface area (Å²) in [6.07, 6.45) is 2.19. The minimum Gasteiger partial charge on any atom is -0.317 e. The molecule has 1 saturated heterocycles. The molecule has 0 aromatic heterocycles. The van der Waals surface area contributed by atoms with Crippen molar-refractivity contribution in [2.45, 2.75) is 25.4 Å². The highest BCUT2D eigenvalue weighted by atomic mass is 19.1. The summed E-state index contributed by atoms with van der Waals surface area (Å²) in [6, 6.07) is 13.5. The van der Waals surface area contributed by atoms with Gasteiger partial charge in [-0.1, -0.05) is 24.3 Å². The predicted octanol–water partition coefficient (Wildman–Crippen LogP) is 3.80. The van der Waals surface area contributed by atoms with Gasteiger partial charge in [0.1, 0.15) is 11.6 Å². The number of hydrogen-bond acceptors (Lipinski definition) is 2. The summed E-state index contributed by atoms with van der Waals surface area (Å²) in [7, 11) is 0. The van der Waals surface area contributed by atoms with Crippen LogP contribution >= 0.6 is 0 Å². The normalized spacial score (nSPS) is 17.1. The third-order valence-corrected chi connectivity index (χ3v) is 4.52. The van der Waals surface area contributed by atoms with E-state index in [1.165, 1.54) is 24.3 Å². The quantitative estimate of drug-likeness (QED) is 0.877. The van der Waals surface area contributed by atoms with E-state index in [0.717, 1.165) is 37.1 Å². The van der Waals surface area contributed by atoms with Crippen LogP contribution in [-0.2, 0) is 6.54 Å². The van der Waals surface area contributed by atoms with E-state index in [0.29, 0.717) is 12.5 Å². The molecule has 0 radical (unpaired) electrons. The molecule has 0 bridgehead atoms. The number of hydrogen-bond donors (Lipinski definition) is 2. The fourth-order valence-corrected chi connectivity index (χ4v) is 3.23. The second-order valence-corrected chi connectivity index (χ2v) is 6.12.